The van der Waals surface area contributed by atoms with Crippen LogP contribution in [-0.2, 0) is 0 Å². The molecule has 0 N–H and O–H groups in total. The second-order valence-corrected chi connectivity index (χ2v) is 15.6. The van der Waals surface area contributed by atoms with E-state index in [1.807, 2.05) is 6.07 Å². The number of para-hydroxylation sites is 2. The molecule has 0 unspecified atom stereocenters. The molecule has 12 aromatic rings. The summed E-state index contributed by atoms with van der Waals surface area (Å²) in [7, 11) is 0. The smallest absolute Gasteiger partial charge is 0.137 e. The zero-order valence-corrected chi connectivity index (χ0v) is 32.7. The Balaban J connectivity index is 1.02. The molecule has 0 saturated heterocycles. The van der Waals surface area contributed by atoms with Crippen LogP contribution in [0.4, 0.5) is 17.1 Å². The van der Waals surface area contributed by atoms with Gasteiger partial charge in [-0.2, -0.15) is 0 Å². The van der Waals surface area contributed by atoms with Gasteiger partial charge in [-0.15, -0.1) is 0 Å². The lowest BCUT2D eigenvalue weighted by Gasteiger charge is -2.29. The van der Waals surface area contributed by atoms with E-state index < -0.39 is 0 Å². The summed E-state index contributed by atoms with van der Waals surface area (Å²) in [5.41, 5.74) is 12.0. The van der Waals surface area contributed by atoms with Crippen LogP contribution in [0.2, 0.25) is 0 Å². The van der Waals surface area contributed by atoms with Gasteiger partial charge in [0.05, 0.1) is 16.8 Å². The number of anilines is 3. The topological polar surface area (TPSA) is 16.4 Å². The Kier molecular flexibility index (Phi) is 7.89. The third kappa shape index (κ3) is 5.57. The van der Waals surface area contributed by atoms with Crippen molar-refractivity contribution in [3.63, 3.8) is 0 Å². The summed E-state index contributed by atoms with van der Waals surface area (Å²) in [6.07, 6.45) is 0. The molecule has 0 bridgehead atoms. The second-order valence-electron chi connectivity index (χ2n) is 15.6. The Hall–Kier alpha value is -7.94. The van der Waals surface area contributed by atoms with Crippen molar-refractivity contribution in [2.24, 2.45) is 0 Å². The molecule has 60 heavy (non-hydrogen) atoms. The second kappa shape index (κ2) is 13.9. The highest BCUT2D eigenvalue weighted by Gasteiger charge is 2.22. The third-order valence-electron chi connectivity index (χ3n) is 12.2. The van der Waals surface area contributed by atoms with Gasteiger partial charge in [0.15, 0.2) is 0 Å². The van der Waals surface area contributed by atoms with E-state index in [0.29, 0.717) is 0 Å². The van der Waals surface area contributed by atoms with Gasteiger partial charge >= 0.3 is 0 Å². The zero-order valence-electron chi connectivity index (χ0n) is 32.7. The van der Waals surface area contributed by atoms with Crippen LogP contribution in [0, 0.1) is 0 Å². The van der Waals surface area contributed by atoms with Gasteiger partial charge in [-0.25, -0.2) is 0 Å². The number of rotatable bonds is 6. The molecular formula is C58H37NO. The minimum absolute atomic E-state index is 0.862. The first-order valence-electron chi connectivity index (χ1n) is 20.6. The fourth-order valence-corrected chi connectivity index (χ4v) is 9.40. The van der Waals surface area contributed by atoms with Gasteiger partial charge in [-0.3, -0.25) is 0 Å². The van der Waals surface area contributed by atoms with Crippen molar-refractivity contribution >= 4 is 82.1 Å². The molecule has 280 valence electrons. The molecule has 2 heteroatoms. The van der Waals surface area contributed by atoms with Gasteiger partial charge in [-0.1, -0.05) is 182 Å². The standard InChI is InChI=1S/C58H37NO/c1-3-16-46-39(12-1)30-31-44-36-42(33-34-49(44)46)38-26-28-41(29-27-38)50-18-5-7-22-54(50)59(55-23-11-25-57-58(55)53-19-6-8-24-56(53)60-57)45-15-9-14-43(37-45)48-20-10-21-51-47-17-4-2-13-40(47)32-35-52(48)51/h1-37H. The first-order chi connectivity index (χ1) is 29.7. The van der Waals surface area contributed by atoms with Crippen molar-refractivity contribution in [3.8, 4) is 33.4 Å². The molecule has 0 radical (unpaired) electrons. The monoisotopic (exact) mass is 763 g/mol. The Labute approximate surface area is 347 Å². The Morgan fingerprint density at radius 1 is 0.283 bits per heavy atom. The minimum atomic E-state index is 0.862. The highest BCUT2D eigenvalue weighted by atomic mass is 16.3. The van der Waals surface area contributed by atoms with Crippen molar-refractivity contribution in [2.75, 3.05) is 4.90 Å². The fourth-order valence-electron chi connectivity index (χ4n) is 9.40. The summed E-state index contributed by atoms with van der Waals surface area (Å²) in [5, 5.41) is 12.3. The number of hydrogen-bond acceptors (Lipinski definition) is 2. The molecule has 11 aromatic carbocycles. The van der Waals surface area contributed by atoms with Gasteiger partial charge < -0.3 is 9.32 Å². The highest BCUT2D eigenvalue weighted by Crippen LogP contribution is 2.47. The van der Waals surface area contributed by atoms with Crippen LogP contribution in [0.5, 0.6) is 0 Å². The van der Waals surface area contributed by atoms with Crippen LogP contribution in [0.15, 0.2) is 229 Å². The molecular weight excluding hydrogens is 727 g/mol. The predicted octanol–water partition coefficient (Wildman–Crippen LogP) is 16.7. The maximum Gasteiger partial charge on any atom is 0.137 e. The average Bonchev–Trinajstić information content (AvgIpc) is 3.71. The molecule has 0 amide bonds. The number of furan rings is 1. The molecule has 0 aliphatic carbocycles. The van der Waals surface area contributed by atoms with Gasteiger partial charge in [-0.05, 0) is 113 Å². The van der Waals surface area contributed by atoms with E-state index in [1.54, 1.807) is 0 Å². The number of fused-ring (bicyclic) bond motifs is 9. The summed E-state index contributed by atoms with van der Waals surface area (Å²) in [4.78, 5) is 2.42. The predicted molar refractivity (Wildman–Crippen MR) is 255 cm³/mol. The number of nitrogens with zero attached hydrogens (tertiary/aromatic N) is 1. The largest absolute Gasteiger partial charge is 0.456 e. The Morgan fingerprint density at radius 3 is 1.72 bits per heavy atom. The van der Waals surface area contributed by atoms with E-state index in [-0.39, 0.29) is 0 Å². The average molecular weight is 764 g/mol. The number of hydrogen-bond donors (Lipinski definition) is 0. The van der Waals surface area contributed by atoms with E-state index in [9.17, 15) is 0 Å². The molecule has 0 aliphatic heterocycles. The van der Waals surface area contributed by atoms with Crippen LogP contribution in [0.1, 0.15) is 0 Å². The van der Waals surface area contributed by atoms with Crippen LogP contribution in [-0.4, -0.2) is 0 Å². The number of benzene rings is 11. The van der Waals surface area contributed by atoms with Gasteiger partial charge in [0.25, 0.3) is 0 Å². The van der Waals surface area contributed by atoms with Gasteiger partial charge in [0.2, 0.25) is 0 Å². The molecule has 1 heterocycles. The maximum absolute atomic E-state index is 6.48. The summed E-state index contributed by atoms with van der Waals surface area (Å²) in [6, 6.07) is 81.3. The molecule has 0 fully saturated rings. The first-order valence-corrected chi connectivity index (χ1v) is 20.6. The first kappa shape index (κ1) is 34.1. The van der Waals surface area contributed by atoms with E-state index in [4.69, 9.17) is 4.42 Å². The van der Waals surface area contributed by atoms with Gasteiger partial charge in [0.1, 0.15) is 11.2 Å². The Bertz CT molecular complexity index is 3610. The molecule has 0 atom stereocenters. The molecule has 0 saturated carbocycles. The summed E-state index contributed by atoms with van der Waals surface area (Å²) in [6.45, 7) is 0. The third-order valence-corrected chi connectivity index (χ3v) is 12.2. The summed E-state index contributed by atoms with van der Waals surface area (Å²) in [5.74, 6) is 0. The lowest BCUT2D eigenvalue weighted by Crippen LogP contribution is -2.11. The van der Waals surface area contributed by atoms with E-state index >= 15 is 0 Å². The van der Waals surface area contributed by atoms with Crippen LogP contribution in [0.3, 0.4) is 0 Å². The van der Waals surface area contributed by atoms with Crippen molar-refractivity contribution in [1.29, 1.82) is 0 Å². The molecule has 2 nitrogen and oxygen atoms in total. The van der Waals surface area contributed by atoms with E-state index in [1.165, 1.54) is 59.8 Å². The van der Waals surface area contributed by atoms with E-state index in [2.05, 4.69) is 223 Å². The maximum atomic E-state index is 6.48. The van der Waals surface area contributed by atoms with Crippen molar-refractivity contribution in [1.82, 2.24) is 0 Å². The quantitative estimate of drug-likeness (QED) is 0.157. The van der Waals surface area contributed by atoms with Crippen molar-refractivity contribution < 1.29 is 4.42 Å². The minimum Gasteiger partial charge on any atom is -0.456 e. The molecule has 0 spiro atoms. The lowest BCUT2D eigenvalue weighted by molar-refractivity contribution is 0.669. The van der Waals surface area contributed by atoms with E-state index in [0.717, 1.165) is 55.7 Å². The highest BCUT2D eigenvalue weighted by molar-refractivity contribution is 6.15. The summed E-state index contributed by atoms with van der Waals surface area (Å²) < 4.78 is 6.48. The molecule has 1 aromatic heterocycles. The Morgan fingerprint density at radius 2 is 0.850 bits per heavy atom. The lowest BCUT2D eigenvalue weighted by atomic mass is 9.94. The van der Waals surface area contributed by atoms with Crippen LogP contribution < -0.4 is 4.90 Å². The fraction of sp³-hybridized carbons (Fsp3) is 0. The van der Waals surface area contributed by atoms with Gasteiger partial charge in [0, 0.05) is 16.6 Å². The normalized spacial score (nSPS) is 11.7. The molecule has 0 aliphatic rings. The van der Waals surface area contributed by atoms with Crippen molar-refractivity contribution in [3.05, 3.63) is 224 Å². The SMILES string of the molecule is c1cc(-c2cccc3c2ccc2ccccc23)cc(N(c2ccccc2-c2ccc(-c3ccc4c(ccc5ccccc54)c3)cc2)c2cccc3oc4ccccc4c23)c1. The zero-order chi connectivity index (χ0) is 39.6. The molecule has 12 rings (SSSR count). The van der Waals surface area contributed by atoms with Crippen molar-refractivity contribution in [2.45, 2.75) is 0 Å². The van der Waals surface area contributed by atoms with Crippen LogP contribution in [0.25, 0.3) is 98.4 Å². The summed E-state index contributed by atoms with van der Waals surface area (Å²) >= 11 is 0. The van der Waals surface area contributed by atoms with Crippen LogP contribution >= 0.6 is 0 Å².